The minimum absolute atomic E-state index is 0.134. The first-order valence-corrected chi connectivity index (χ1v) is 4.94. The second kappa shape index (κ2) is 3.13. The van der Waals surface area contributed by atoms with Gasteiger partial charge in [0.25, 0.3) is 0 Å². The quantitative estimate of drug-likeness (QED) is 0.649. The van der Waals surface area contributed by atoms with E-state index < -0.39 is 0 Å². The van der Waals surface area contributed by atoms with E-state index in [0.29, 0.717) is 5.92 Å². The molecule has 1 saturated carbocycles. The molecule has 70 valence electrons. The number of benzene rings is 1. The number of hydrogen-bond donors (Lipinski definition) is 0. The first-order chi connectivity index (χ1) is 6.18. The van der Waals surface area contributed by atoms with Crippen molar-refractivity contribution in [1.82, 2.24) is 0 Å². The van der Waals surface area contributed by atoms with Gasteiger partial charge in [-0.05, 0) is 41.9 Å². The summed E-state index contributed by atoms with van der Waals surface area (Å²) in [5, 5.41) is 0. The Labute approximate surface area is 78.8 Å². The van der Waals surface area contributed by atoms with Crippen LogP contribution in [0.4, 0.5) is 4.39 Å². The average molecular weight is 178 g/mol. The molecular formula is C12H15F. The summed E-state index contributed by atoms with van der Waals surface area (Å²) in [5.74, 6) is 2.15. The monoisotopic (exact) mass is 178 g/mol. The zero-order valence-corrected chi connectivity index (χ0v) is 8.13. The molecule has 0 bridgehead atoms. The van der Waals surface area contributed by atoms with Crippen molar-refractivity contribution < 1.29 is 4.39 Å². The fraction of sp³-hybridized carbons (Fsp3) is 0.500. The van der Waals surface area contributed by atoms with Crippen LogP contribution in [0.5, 0.6) is 0 Å². The van der Waals surface area contributed by atoms with Gasteiger partial charge in [-0.2, -0.15) is 0 Å². The topological polar surface area (TPSA) is 0 Å². The largest absolute Gasteiger partial charge is 0.207 e. The molecule has 0 unspecified atom stereocenters. The predicted octanol–water partition coefficient (Wildman–Crippen LogP) is 3.59. The van der Waals surface area contributed by atoms with E-state index >= 15 is 0 Å². The highest BCUT2D eigenvalue weighted by Crippen LogP contribution is 2.51. The maximum atomic E-state index is 12.6. The van der Waals surface area contributed by atoms with Crippen LogP contribution in [0.3, 0.4) is 0 Å². The molecule has 0 nitrogen and oxygen atoms in total. The van der Waals surface area contributed by atoms with E-state index in [1.54, 1.807) is 12.1 Å². The summed E-state index contributed by atoms with van der Waals surface area (Å²) in [5.41, 5.74) is 1.31. The van der Waals surface area contributed by atoms with Crippen LogP contribution in [0.15, 0.2) is 24.3 Å². The van der Waals surface area contributed by atoms with Crippen LogP contribution in [0.25, 0.3) is 0 Å². The molecule has 0 amide bonds. The lowest BCUT2D eigenvalue weighted by molar-refractivity contribution is 0.548. The van der Waals surface area contributed by atoms with Gasteiger partial charge in [-0.15, -0.1) is 0 Å². The normalized spacial score (nSPS) is 26.5. The second-order valence-electron chi connectivity index (χ2n) is 4.30. The standard InChI is InChI=1S/C12H15F/c1-8(2)11-7-12(11)9-3-5-10(13)6-4-9/h3-6,8,11-12H,7H2,1-2H3/t11-,12-/m0/s1. The van der Waals surface area contributed by atoms with E-state index in [2.05, 4.69) is 13.8 Å². The van der Waals surface area contributed by atoms with Crippen LogP contribution in [0.1, 0.15) is 31.7 Å². The summed E-state index contributed by atoms with van der Waals surface area (Å²) in [6, 6.07) is 6.96. The number of halogens is 1. The molecule has 0 N–H and O–H groups in total. The van der Waals surface area contributed by atoms with Gasteiger partial charge in [0.1, 0.15) is 5.82 Å². The third kappa shape index (κ3) is 1.74. The lowest BCUT2D eigenvalue weighted by Gasteiger charge is -2.03. The zero-order valence-electron chi connectivity index (χ0n) is 8.13. The fourth-order valence-electron chi connectivity index (χ4n) is 2.04. The highest BCUT2D eigenvalue weighted by Gasteiger charge is 2.39. The SMILES string of the molecule is CC(C)[C@@H]1C[C@H]1c1ccc(F)cc1. The Bertz CT molecular complexity index is 286. The first-order valence-electron chi connectivity index (χ1n) is 4.94. The van der Waals surface area contributed by atoms with Gasteiger partial charge < -0.3 is 0 Å². The van der Waals surface area contributed by atoms with Gasteiger partial charge in [0.05, 0.1) is 0 Å². The average Bonchev–Trinajstić information content (AvgIpc) is 2.85. The van der Waals surface area contributed by atoms with Crippen LogP contribution in [-0.4, -0.2) is 0 Å². The van der Waals surface area contributed by atoms with Gasteiger partial charge in [-0.3, -0.25) is 0 Å². The van der Waals surface area contributed by atoms with Crippen LogP contribution < -0.4 is 0 Å². The molecule has 2 rings (SSSR count). The van der Waals surface area contributed by atoms with Gasteiger partial charge in [-0.1, -0.05) is 26.0 Å². The van der Waals surface area contributed by atoms with E-state index in [4.69, 9.17) is 0 Å². The Hall–Kier alpha value is -0.850. The van der Waals surface area contributed by atoms with Crippen molar-refractivity contribution in [3.63, 3.8) is 0 Å². The Morgan fingerprint density at radius 2 is 1.85 bits per heavy atom. The Balaban J connectivity index is 2.08. The van der Waals surface area contributed by atoms with Crippen LogP contribution in [0, 0.1) is 17.7 Å². The highest BCUT2D eigenvalue weighted by atomic mass is 19.1. The van der Waals surface area contributed by atoms with Crippen molar-refractivity contribution in [2.75, 3.05) is 0 Å². The molecule has 0 spiro atoms. The smallest absolute Gasteiger partial charge is 0.123 e. The van der Waals surface area contributed by atoms with Gasteiger partial charge in [-0.25, -0.2) is 4.39 Å². The van der Waals surface area contributed by atoms with Gasteiger partial charge >= 0.3 is 0 Å². The summed E-state index contributed by atoms with van der Waals surface area (Å²) in [6.07, 6.45) is 1.28. The van der Waals surface area contributed by atoms with Crippen LogP contribution in [-0.2, 0) is 0 Å². The van der Waals surface area contributed by atoms with Crippen molar-refractivity contribution >= 4 is 0 Å². The molecule has 1 aromatic carbocycles. The molecule has 13 heavy (non-hydrogen) atoms. The molecule has 0 heterocycles. The van der Waals surface area contributed by atoms with Gasteiger partial charge in [0.15, 0.2) is 0 Å². The second-order valence-corrected chi connectivity index (χ2v) is 4.30. The van der Waals surface area contributed by atoms with Crippen molar-refractivity contribution in [3.05, 3.63) is 35.6 Å². The van der Waals surface area contributed by atoms with E-state index in [1.165, 1.54) is 12.0 Å². The molecule has 0 saturated heterocycles. The maximum absolute atomic E-state index is 12.6. The fourth-order valence-corrected chi connectivity index (χ4v) is 2.04. The molecule has 1 aliphatic carbocycles. The van der Waals surface area contributed by atoms with Crippen molar-refractivity contribution in [1.29, 1.82) is 0 Å². The lowest BCUT2D eigenvalue weighted by atomic mass is 10.0. The molecule has 1 heteroatoms. The van der Waals surface area contributed by atoms with Gasteiger partial charge in [0, 0.05) is 0 Å². The molecule has 1 aliphatic rings. The molecule has 2 atom stereocenters. The minimum atomic E-state index is -0.134. The molecule has 0 aliphatic heterocycles. The number of hydrogen-bond acceptors (Lipinski definition) is 0. The van der Waals surface area contributed by atoms with E-state index in [-0.39, 0.29) is 5.82 Å². The predicted molar refractivity (Wildman–Crippen MR) is 52.1 cm³/mol. The molecule has 0 aromatic heterocycles. The molecule has 1 aromatic rings. The van der Waals surface area contributed by atoms with E-state index in [9.17, 15) is 4.39 Å². The first kappa shape index (κ1) is 8.74. The zero-order chi connectivity index (χ0) is 9.42. The summed E-state index contributed by atoms with van der Waals surface area (Å²) in [7, 11) is 0. The summed E-state index contributed by atoms with van der Waals surface area (Å²) >= 11 is 0. The van der Waals surface area contributed by atoms with Crippen molar-refractivity contribution in [2.24, 2.45) is 11.8 Å². The third-order valence-electron chi connectivity index (χ3n) is 2.99. The van der Waals surface area contributed by atoms with Gasteiger partial charge in [0.2, 0.25) is 0 Å². The summed E-state index contributed by atoms with van der Waals surface area (Å²) in [6.45, 7) is 4.52. The molecular weight excluding hydrogens is 163 g/mol. The van der Waals surface area contributed by atoms with E-state index in [1.807, 2.05) is 12.1 Å². The molecule has 1 fully saturated rings. The van der Waals surface area contributed by atoms with Crippen LogP contribution >= 0.6 is 0 Å². The maximum Gasteiger partial charge on any atom is 0.123 e. The highest BCUT2D eigenvalue weighted by molar-refractivity contribution is 5.26. The van der Waals surface area contributed by atoms with E-state index in [0.717, 1.165) is 11.8 Å². The van der Waals surface area contributed by atoms with Crippen molar-refractivity contribution in [3.8, 4) is 0 Å². The number of rotatable bonds is 2. The van der Waals surface area contributed by atoms with Crippen LogP contribution in [0.2, 0.25) is 0 Å². The Kier molecular flexibility index (Phi) is 2.10. The molecule has 0 radical (unpaired) electrons. The summed E-state index contributed by atoms with van der Waals surface area (Å²) in [4.78, 5) is 0. The minimum Gasteiger partial charge on any atom is -0.207 e. The third-order valence-corrected chi connectivity index (χ3v) is 2.99. The Morgan fingerprint density at radius 1 is 1.23 bits per heavy atom. The summed E-state index contributed by atoms with van der Waals surface area (Å²) < 4.78 is 12.6. The Morgan fingerprint density at radius 3 is 2.31 bits per heavy atom. The van der Waals surface area contributed by atoms with Crippen molar-refractivity contribution in [2.45, 2.75) is 26.2 Å². The lowest BCUT2D eigenvalue weighted by Crippen LogP contribution is -1.92.